The van der Waals surface area contributed by atoms with Crippen LogP contribution in [-0.4, -0.2) is 16.8 Å². The lowest BCUT2D eigenvalue weighted by molar-refractivity contribution is -0.121. The van der Waals surface area contributed by atoms with Crippen molar-refractivity contribution in [2.45, 2.75) is 19.4 Å². The van der Waals surface area contributed by atoms with E-state index in [-0.39, 0.29) is 11.8 Å². The lowest BCUT2D eigenvalue weighted by Crippen LogP contribution is -2.23. The van der Waals surface area contributed by atoms with E-state index in [2.05, 4.69) is 31.5 Å². The van der Waals surface area contributed by atoms with Gasteiger partial charge in [-0.15, -0.1) is 0 Å². The molecular weight excluding hydrogens is 418 g/mol. The quantitative estimate of drug-likeness (QED) is 0.577. The number of amides is 2. The number of benzene rings is 2. The van der Waals surface area contributed by atoms with Crippen molar-refractivity contribution in [2.75, 3.05) is 5.32 Å². The molecule has 0 aliphatic carbocycles. The number of nitrogens with one attached hydrogen (secondary N) is 2. The van der Waals surface area contributed by atoms with Gasteiger partial charge in [0.25, 0.3) is 5.91 Å². The molecule has 0 unspecified atom stereocenters. The summed E-state index contributed by atoms with van der Waals surface area (Å²) in [5, 5.41) is 5.75. The normalized spacial score (nSPS) is 10.3. The SMILES string of the molecule is O=C(CCc1cccc(Br)c1)NCc1ccc(NC(=O)c2cccnc2)cc1. The van der Waals surface area contributed by atoms with E-state index < -0.39 is 0 Å². The number of carbonyl (C=O) groups excluding carboxylic acids is 2. The van der Waals surface area contributed by atoms with E-state index in [9.17, 15) is 9.59 Å². The first-order valence-electron chi connectivity index (χ1n) is 8.91. The topological polar surface area (TPSA) is 71.1 Å². The van der Waals surface area contributed by atoms with Crippen molar-refractivity contribution in [3.63, 3.8) is 0 Å². The van der Waals surface area contributed by atoms with Gasteiger partial charge >= 0.3 is 0 Å². The number of rotatable bonds is 7. The Hall–Kier alpha value is -2.99. The summed E-state index contributed by atoms with van der Waals surface area (Å²) in [6.07, 6.45) is 4.28. The van der Waals surface area contributed by atoms with Crippen molar-refractivity contribution in [2.24, 2.45) is 0 Å². The molecule has 0 saturated heterocycles. The van der Waals surface area contributed by atoms with E-state index in [4.69, 9.17) is 0 Å². The summed E-state index contributed by atoms with van der Waals surface area (Å²) in [4.78, 5) is 28.1. The number of pyridine rings is 1. The van der Waals surface area contributed by atoms with Crippen molar-refractivity contribution in [3.8, 4) is 0 Å². The second-order valence-corrected chi connectivity index (χ2v) is 7.22. The molecule has 2 N–H and O–H groups in total. The Kier molecular flexibility index (Phi) is 6.92. The summed E-state index contributed by atoms with van der Waals surface area (Å²) in [6, 6.07) is 18.8. The van der Waals surface area contributed by atoms with Crippen LogP contribution in [0.15, 0.2) is 77.5 Å². The first-order chi connectivity index (χ1) is 13.6. The molecule has 0 aliphatic heterocycles. The molecule has 28 heavy (non-hydrogen) atoms. The molecule has 1 aromatic heterocycles. The molecule has 0 aliphatic rings. The van der Waals surface area contributed by atoms with Gasteiger partial charge in [0, 0.05) is 35.5 Å². The van der Waals surface area contributed by atoms with Gasteiger partial charge < -0.3 is 10.6 Å². The summed E-state index contributed by atoms with van der Waals surface area (Å²) in [5.41, 5.74) is 3.29. The zero-order valence-corrected chi connectivity index (χ0v) is 16.8. The minimum Gasteiger partial charge on any atom is -0.352 e. The molecule has 0 saturated carbocycles. The highest BCUT2D eigenvalue weighted by Crippen LogP contribution is 2.13. The van der Waals surface area contributed by atoms with Crippen LogP contribution in [-0.2, 0) is 17.8 Å². The molecule has 5 nitrogen and oxygen atoms in total. The Bertz CT molecular complexity index is 944. The Balaban J connectivity index is 1.45. The van der Waals surface area contributed by atoms with Gasteiger partial charge in [0.05, 0.1) is 5.56 Å². The summed E-state index contributed by atoms with van der Waals surface area (Å²) in [6.45, 7) is 0.453. The van der Waals surface area contributed by atoms with E-state index in [1.54, 1.807) is 18.3 Å². The van der Waals surface area contributed by atoms with Crippen molar-refractivity contribution in [1.82, 2.24) is 10.3 Å². The lowest BCUT2D eigenvalue weighted by atomic mass is 10.1. The Morgan fingerprint density at radius 2 is 1.79 bits per heavy atom. The second kappa shape index (κ2) is 9.80. The molecule has 0 atom stereocenters. The van der Waals surface area contributed by atoms with E-state index >= 15 is 0 Å². The molecule has 0 spiro atoms. The second-order valence-electron chi connectivity index (χ2n) is 6.30. The summed E-state index contributed by atoms with van der Waals surface area (Å²) in [7, 11) is 0. The molecule has 1 heterocycles. The number of aryl methyl sites for hydroxylation is 1. The summed E-state index contributed by atoms with van der Waals surface area (Å²) >= 11 is 3.43. The van der Waals surface area contributed by atoms with Crippen LogP contribution in [0.3, 0.4) is 0 Å². The fourth-order valence-corrected chi connectivity index (χ4v) is 3.09. The zero-order chi connectivity index (χ0) is 19.8. The van der Waals surface area contributed by atoms with Gasteiger partial charge in [0.1, 0.15) is 0 Å². The van der Waals surface area contributed by atoms with Gasteiger partial charge in [-0.25, -0.2) is 0 Å². The molecule has 0 bridgehead atoms. The van der Waals surface area contributed by atoms with Crippen LogP contribution in [0, 0.1) is 0 Å². The molecule has 2 aromatic carbocycles. The number of hydrogen-bond donors (Lipinski definition) is 2. The predicted octanol–water partition coefficient (Wildman–Crippen LogP) is 4.35. The highest BCUT2D eigenvalue weighted by atomic mass is 79.9. The van der Waals surface area contributed by atoms with Crippen LogP contribution < -0.4 is 10.6 Å². The Morgan fingerprint density at radius 1 is 0.964 bits per heavy atom. The van der Waals surface area contributed by atoms with Crippen LogP contribution >= 0.6 is 15.9 Å². The average Bonchev–Trinajstić information content (AvgIpc) is 2.72. The van der Waals surface area contributed by atoms with Crippen molar-refractivity contribution < 1.29 is 9.59 Å². The maximum Gasteiger partial charge on any atom is 0.257 e. The summed E-state index contributed by atoms with van der Waals surface area (Å²) in [5.74, 6) is -0.198. The van der Waals surface area contributed by atoms with E-state index in [1.165, 1.54) is 6.20 Å². The highest BCUT2D eigenvalue weighted by molar-refractivity contribution is 9.10. The molecule has 3 aromatic rings. The van der Waals surface area contributed by atoms with Crippen molar-refractivity contribution in [3.05, 3.63) is 94.2 Å². The predicted molar refractivity (Wildman–Crippen MR) is 113 cm³/mol. The number of anilines is 1. The number of halogens is 1. The van der Waals surface area contributed by atoms with Crippen LogP contribution in [0.4, 0.5) is 5.69 Å². The number of nitrogens with zero attached hydrogens (tertiary/aromatic N) is 1. The first-order valence-corrected chi connectivity index (χ1v) is 9.71. The third kappa shape index (κ3) is 6.03. The standard InChI is InChI=1S/C22H20BrN3O2/c23-19-5-1-3-16(13-19)8-11-21(27)25-14-17-6-9-20(10-7-17)26-22(28)18-4-2-12-24-15-18/h1-7,9-10,12-13,15H,8,11,14H2,(H,25,27)(H,26,28). The van der Waals surface area contributed by atoms with Crippen LogP contribution in [0.2, 0.25) is 0 Å². The maximum atomic E-state index is 12.1. The molecule has 3 rings (SSSR count). The van der Waals surface area contributed by atoms with Crippen molar-refractivity contribution in [1.29, 1.82) is 0 Å². The van der Waals surface area contributed by atoms with E-state index in [0.29, 0.717) is 30.6 Å². The molecule has 142 valence electrons. The molecule has 6 heteroatoms. The van der Waals surface area contributed by atoms with Crippen molar-refractivity contribution >= 4 is 33.4 Å². The van der Waals surface area contributed by atoms with Crippen LogP contribution in [0.25, 0.3) is 0 Å². The molecular formula is C22H20BrN3O2. The zero-order valence-electron chi connectivity index (χ0n) is 15.2. The lowest BCUT2D eigenvalue weighted by Gasteiger charge is -2.08. The molecule has 0 radical (unpaired) electrons. The van der Waals surface area contributed by atoms with Gasteiger partial charge in [-0.05, 0) is 53.9 Å². The minimum atomic E-state index is -0.207. The number of carbonyl (C=O) groups is 2. The number of hydrogen-bond acceptors (Lipinski definition) is 3. The largest absolute Gasteiger partial charge is 0.352 e. The van der Waals surface area contributed by atoms with Gasteiger partial charge in [0.2, 0.25) is 5.91 Å². The molecule has 2 amide bonds. The fourth-order valence-electron chi connectivity index (χ4n) is 2.65. The van der Waals surface area contributed by atoms with Gasteiger partial charge in [-0.1, -0.05) is 40.2 Å². The highest BCUT2D eigenvalue weighted by Gasteiger charge is 2.06. The van der Waals surface area contributed by atoms with Gasteiger partial charge in [-0.3, -0.25) is 14.6 Å². The van der Waals surface area contributed by atoms with Gasteiger partial charge in [0.15, 0.2) is 0 Å². The van der Waals surface area contributed by atoms with Crippen LogP contribution in [0.1, 0.15) is 27.9 Å². The third-order valence-electron chi connectivity index (χ3n) is 4.15. The third-order valence-corrected chi connectivity index (χ3v) is 4.65. The maximum absolute atomic E-state index is 12.1. The average molecular weight is 438 g/mol. The van der Waals surface area contributed by atoms with Crippen LogP contribution in [0.5, 0.6) is 0 Å². The smallest absolute Gasteiger partial charge is 0.257 e. The number of aromatic nitrogens is 1. The summed E-state index contributed by atoms with van der Waals surface area (Å²) < 4.78 is 1.01. The van der Waals surface area contributed by atoms with E-state index in [1.807, 2.05) is 48.5 Å². The Labute approximate surface area is 172 Å². The fraction of sp³-hybridized carbons (Fsp3) is 0.136. The Morgan fingerprint density at radius 3 is 2.50 bits per heavy atom. The monoisotopic (exact) mass is 437 g/mol. The minimum absolute atomic E-state index is 0.00827. The van der Waals surface area contributed by atoms with Gasteiger partial charge in [-0.2, -0.15) is 0 Å². The first kappa shape index (κ1) is 19.8. The molecule has 0 fully saturated rings. The van der Waals surface area contributed by atoms with E-state index in [0.717, 1.165) is 15.6 Å².